The zero-order chi connectivity index (χ0) is 16.4. The van der Waals surface area contributed by atoms with E-state index in [4.69, 9.17) is 5.73 Å². The summed E-state index contributed by atoms with van der Waals surface area (Å²) in [6, 6.07) is 7.40. The Balaban J connectivity index is 1.65. The normalized spacial score (nSPS) is 26.3. The van der Waals surface area contributed by atoms with Crippen molar-refractivity contribution in [3.8, 4) is 0 Å². The quantitative estimate of drug-likeness (QED) is 0.833. The van der Waals surface area contributed by atoms with E-state index in [-0.39, 0.29) is 11.9 Å². The van der Waals surface area contributed by atoms with Gasteiger partial charge >= 0.3 is 0 Å². The highest BCUT2D eigenvalue weighted by Gasteiger charge is 2.39. The Labute approximate surface area is 138 Å². The predicted molar refractivity (Wildman–Crippen MR) is 91.2 cm³/mol. The van der Waals surface area contributed by atoms with E-state index in [9.17, 15) is 9.90 Å². The van der Waals surface area contributed by atoms with Crippen LogP contribution in [0, 0.1) is 0 Å². The summed E-state index contributed by atoms with van der Waals surface area (Å²) >= 11 is 0. The van der Waals surface area contributed by atoms with Crippen molar-refractivity contribution in [1.29, 1.82) is 0 Å². The lowest BCUT2D eigenvalue weighted by molar-refractivity contribution is 0.0581. The second-order valence-corrected chi connectivity index (χ2v) is 6.92. The molecule has 1 aromatic carbocycles. The van der Waals surface area contributed by atoms with Crippen molar-refractivity contribution in [3.05, 3.63) is 29.8 Å². The second kappa shape index (κ2) is 6.89. The number of likely N-dealkylation sites (N-methyl/N-ethyl adjacent to an activating group) is 1. The number of β-amino-alcohol motifs (C(OH)–C–C–N with tert-alkyl or cyclic N) is 1. The summed E-state index contributed by atoms with van der Waals surface area (Å²) in [5, 5.41) is 10.4. The molecule has 0 spiro atoms. The van der Waals surface area contributed by atoms with Gasteiger partial charge in [0, 0.05) is 37.4 Å². The highest BCUT2D eigenvalue weighted by atomic mass is 16.3. The molecule has 2 aliphatic rings. The third-order valence-corrected chi connectivity index (χ3v) is 5.35. The SMILES string of the molecule is CN(C(=O)c1ccc(N)cc1)C1CN(C2CCCCC2)CC1O. The summed E-state index contributed by atoms with van der Waals surface area (Å²) in [6.45, 7) is 1.44. The highest BCUT2D eigenvalue weighted by Crippen LogP contribution is 2.27. The van der Waals surface area contributed by atoms with Crippen LogP contribution in [-0.4, -0.2) is 59.1 Å². The first kappa shape index (κ1) is 16.3. The summed E-state index contributed by atoms with van der Waals surface area (Å²) < 4.78 is 0. The molecule has 2 fully saturated rings. The molecule has 2 atom stereocenters. The van der Waals surface area contributed by atoms with E-state index in [0.717, 1.165) is 6.54 Å². The third-order valence-electron chi connectivity index (χ3n) is 5.35. The molecule has 0 aromatic heterocycles. The number of likely N-dealkylation sites (tertiary alicyclic amines) is 1. The van der Waals surface area contributed by atoms with Gasteiger partial charge in [0.25, 0.3) is 5.91 Å². The molecule has 1 saturated carbocycles. The van der Waals surface area contributed by atoms with Crippen LogP contribution in [0.5, 0.6) is 0 Å². The highest BCUT2D eigenvalue weighted by molar-refractivity contribution is 5.94. The zero-order valence-electron chi connectivity index (χ0n) is 13.8. The standard InChI is InChI=1S/C18H27N3O2/c1-20(18(23)13-7-9-14(19)10-8-13)16-11-21(12-17(16)22)15-5-3-2-4-6-15/h7-10,15-17,22H,2-6,11-12,19H2,1H3. The fourth-order valence-electron chi connectivity index (χ4n) is 3.90. The Bertz CT molecular complexity index is 540. The van der Waals surface area contributed by atoms with Crippen LogP contribution in [0.2, 0.25) is 0 Å². The van der Waals surface area contributed by atoms with E-state index in [1.807, 2.05) is 0 Å². The number of hydrogen-bond donors (Lipinski definition) is 2. The van der Waals surface area contributed by atoms with Crippen LogP contribution >= 0.6 is 0 Å². The molecular formula is C18H27N3O2. The fourth-order valence-corrected chi connectivity index (χ4v) is 3.90. The first-order chi connectivity index (χ1) is 11.1. The molecule has 5 heteroatoms. The first-order valence-corrected chi connectivity index (χ1v) is 8.61. The molecule has 1 aliphatic heterocycles. The maximum atomic E-state index is 12.6. The Kier molecular flexibility index (Phi) is 4.87. The summed E-state index contributed by atoms with van der Waals surface area (Å²) in [5.41, 5.74) is 6.94. The number of aliphatic hydroxyl groups excluding tert-OH is 1. The lowest BCUT2D eigenvalue weighted by atomic mass is 9.94. The van der Waals surface area contributed by atoms with Crippen molar-refractivity contribution < 1.29 is 9.90 Å². The van der Waals surface area contributed by atoms with Crippen LogP contribution in [0.15, 0.2) is 24.3 Å². The molecule has 1 amide bonds. The summed E-state index contributed by atoms with van der Waals surface area (Å²) in [7, 11) is 1.79. The van der Waals surface area contributed by atoms with Gasteiger partial charge in [-0.2, -0.15) is 0 Å². The van der Waals surface area contributed by atoms with E-state index >= 15 is 0 Å². The summed E-state index contributed by atoms with van der Waals surface area (Å²) in [4.78, 5) is 16.7. The minimum absolute atomic E-state index is 0.0560. The topological polar surface area (TPSA) is 69.8 Å². The number of benzene rings is 1. The molecule has 1 aromatic rings. The average molecular weight is 317 g/mol. The van der Waals surface area contributed by atoms with Gasteiger partial charge in [0.05, 0.1) is 12.1 Å². The molecule has 23 heavy (non-hydrogen) atoms. The number of carbonyl (C=O) groups is 1. The Morgan fingerprint density at radius 1 is 1.17 bits per heavy atom. The van der Waals surface area contributed by atoms with Gasteiger partial charge in [-0.15, -0.1) is 0 Å². The molecule has 0 bridgehead atoms. The summed E-state index contributed by atoms with van der Waals surface area (Å²) in [6.07, 6.45) is 5.85. The Morgan fingerprint density at radius 3 is 2.48 bits per heavy atom. The van der Waals surface area contributed by atoms with E-state index in [0.29, 0.717) is 23.8 Å². The van der Waals surface area contributed by atoms with Gasteiger partial charge in [-0.25, -0.2) is 0 Å². The minimum atomic E-state index is -0.473. The molecule has 126 valence electrons. The van der Waals surface area contributed by atoms with E-state index in [2.05, 4.69) is 4.90 Å². The van der Waals surface area contributed by atoms with Gasteiger partial charge in [0.15, 0.2) is 0 Å². The van der Waals surface area contributed by atoms with Gasteiger partial charge in [0.1, 0.15) is 0 Å². The number of carbonyl (C=O) groups excluding carboxylic acids is 1. The van der Waals surface area contributed by atoms with Crippen molar-refractivity contribution >= 4 is 11.6 Å². The maximum absolute atomic E-state index is 12.6. The van der Waals surface area contributed by atoms with Gasteiger partial charge < -0.3 is 15.7 Å². The van der Waals surface area contributed by atoms with Crippen LogP contribution in [0.4, 0.5) is 5.69 Å². The minimum Gasteiger partial charge on any atom is -0.399 e. The second-order valence-electron chi connectivity index (χ2n) is 6.92. The largest absolute Gasteiger partial charge is 0.399 e. The number of nitrogens with two attached hydrogens (primary N) is 1. The smallest absolute Gasteiger partial charge is 0.253 e. The Hall–Kier alpha value is -1.59. The molecule has 3 rings (SSSR count). The molecule has 3 N–H and O–H groups in total. The van der Waals surface area contributed by atoms with E-state index in [1.54, 1.807) is 36.2 Å². The van der Waals surface area contributed by atoms with Crippen LogP contribution in [-0.2, 0) is 0 Å². The number of hydrogen-bond acceptors (Lipinski definition) is 4. The van der Waals surface area contributed by atoms with Crippen LogP contribution in [0.3, 0.4) is 0 Å². The molecular weight excluding hydrogens is 290 g/mol. The number of anilines is 1. The third kappa shape index (κ3) is 3.51. The number of aliphatic hydroxyl groups is 1. The number of rotatable bonds is 3. The van der Waals surface area contributed by atoms with Crippen molar-refractivity contribution in [1.82, 2.24) is 9.80 Å². The first-order valence-electron chi connectivity index (χ1n) is 8.61. The molecule has 2 unspecified atom stereocenters. The van der Waals surface area contributed by atoms with Gasteiger partial charge in [-0.3, -0.25) is 9.69 Å². The number of amides is 1. The molecule has 0 radical (unpaired) electrons. The van der Waals surface area contributed by atoms with Crippen LogP contribution in [0.1, 0.15) is 42.5 Å². The monoisotopic (exact) mass is 317 g/mol. The van der Waals surface area contributed by atoms with Gasteiger partial charge in [-0.05, 0) is 37.1 Å². The summed E-state index contributed by atoms with van der Waals surface area (Å²) in [5.74, 6) is -0.0560. The van der Waals surface area contributed by atoms with E-state index in [1.165, 1.54) is 32.1 Å². The van der Waals surface area contributed by atoms with Gasteiger partial charge in [0.2, 0.25) is 0 Å². The number of nitrogen functional groups attached to an aromatic ring is 1. The van der Waals surface area contributed by atoms with Crippen molar-refractivity contribution in [3.63, 3.8) is 0 Å². The fraction of sp³-hybridized carbons (Fsp3) is 0.611. The van der Waals surface area contributed by atoms with Crippen LogP contribution < -0.4 is 5.73 Å². The number of nitrogens with zero attached hydrogens (tertiary/aromatic N) is 2. The zero-order valence-corrected chi connectivity index (χ0v) is 13.8. The predicted octanol–water partition coefficient (Wildman–Crippen LogP) is 1.72. The van der Waals surface area contributed by atoms with Gasteiger partial charge in [-0.1, -0.05) is 19.3 Å². The van der Waals surface area contributed by atoms with E-state index < -0.39 is 6.10 Å². The van der Waals surface area contributed by atoms with Crippen molar-refractivity contribution in [2.45, 2.75) is 50.3 Å². The van der Waals surface area contributed by atoms with Crippen molar-refractivity contribution in [2.24, 2.45) is 0 Å². The van der Waals surface area contributed by atoms with Crippen LogP contribution in [0.25, 0.3) is 0 Å². The molecule has 1 saturated heterocycles. The lowest BCUT2D eigenvalue weighted by Crippen LogP contribution is -2.44. The average Bonchev–Trinajstić information content (AvgIpc) is 2.97. The maximum Gasteiger partial charge on any atom is 0.253 e. The molecule has 1 heterocycles. The molecule has 1 aliphatic carbocycles. The Morgan fingerprint density at radius 2 is 1.83 bits per heavy atom. The van der Waals surface area contributed by atoms with Crippen molar-refractivity contribution in [2.75, 3.05) is 25.9 Å². The lowest BCUT2D eigenvalue weighted by Gasteiger charge is -2.31. The molecule has 5 nitrogen and oxygen atoms in total.